The van der Waals surface area contributed by atoms with Crippen molar-refractivity contribution >= 4 is 50.7 Å². The molecular weight excluding hydrogens is 339 g/mol. The Kier molecular flexibility index (Phi) is 3.86. The molecule has 1 aliphatic carbocycles. The van der Waals surface area contributed by atoms with Crippen LogP contribution in [-0.2, 0) is 4.79 Å². The van der Waals surface area contributed by atoms with Gasteiger partial charge in [0.25, 0.3) is 0 Å². The van der Waals surface area contributed by atoms with Crippen LogP contribution in [0.15, 0.2) is 16.6 Å². The van der Waals surface area contributed by atoms with Crippen LogP contribution >= 0.6 is 39.1 Å². The van der Waals surface area contributed by atoms with Crippen LogP contribution in [0.5, 0.6) is 0 Å². The smallest absolute Gasteiger partial charge is 0.244 e. The number of nitrogens with one attached hydrogen (secondary N) is 1. The predicted molar refractivity (Wildman–Crippen MR) is 74.7 cm³/mol. The summed E-state index contributed by atoms with van der Waals surface area (Å²) in [4.78, 5) is 12.0. The fourth-order valence-corrected chi connectivity index (χ4v) is 2.61. The summed E-state index contributed by atoms with van der Waals surface area (Å²) < 4.78 is 0.658. The molecule has 1 fully saturated rings. The number of halogens is 3. The van der Waals surface area contributed by atoms with E-state index in [1.165, 1.54) is 0 Å². The molecule has 0 saturated heterocycles. The predicted octanol–water partition coefficient (Wildman–Crippen LogP) is 4.39. The van der Waals surface area contributed by atoms with Gasteiger partial charge < -0.3 is 5.32 Å². The Labute approximate surface area is 123 Å². The minimum atomic E-state index is -0.900. The van der Waals surface area contributed by atoms with E-state index in [0.717, 1.165) is 6.42 Å². The Bertz CT molecular complexity index is 550. The number of nitriles is 1. The first-order chi connectivity index (χ1) is 8.50. The molecule has 2 rings (SSSR count). The fraction of sp³-hybridized carbons (Fsp3) is 0.333. The summed E-state index contributed by atoms with van der Waals surface area (Å²) in [6.07, 6.45) is 2.09. The zero-order valence-corrected chi connectivity index (χ0v) is 12.4. The Balaban J connectivity index is 2.23. The quantitative estimate of drug-likeness (QED) is 0.806. The van der Waals surface area contributed by atoms with Crippen LogP contribution < -0.4 is 5.32 Å². The molecule has 0 unspecified atom stereocenters. The summed E-state index contributed by atoms with van der Waals surface area (Å²) in [6, 6.07) is 5.43. The highest BCUT2D eigenvalue weighted by molar-refractivity contribution is 9.10. The Morgan fingerprint density at radius 3 is 2.56 bits per heavy atom. The minimum absolute atomic E-state index is 0.270. The van der Waals surface area contributed by atoms with Gasteiger partial charge in [-0.3, -0.25) is 4.79 Å². The number of carbonyl (C=O) groups excluding carboxylic acids is 1. The van der Waals surface area contributed by atoms with E-state index in [-0.39, 0.29) is 10.9 Å². The van der Waals surface area contributed by atoms with Crippen molar-refractivity contribution in [3.05, 3.63) is 26.7 Å². The zero-order valence-electron chi connectivity index (χ0n) is 9.27. The second-order valence-electron chi connectivity index (χ2n) is 4.22. The van der Waals surface area contributed by atoms with Gasteiger partial charge in [-0.15, -0.1) is 0 Å². The van der Waals surface area contributed by atoms with Crippen LogP contribution in [-0.4, -0.2) is 5.91 Å². The summed E-state index contributed by atoms with van der Waals surface area (Å²) in [6.45, 7) is 0. The fourth-order valence-electron chi connectivity index (χ4n) is 1.78. The number of nitrogens with zero attached hydrogens (tertiary/aromatic N) is 1. The lowest BCUT2D eigenvalue weighted by Gasteiger charge is -2.33. The van der Waals surface area contributed by atoms with E-state index < -0.39 is 5.41 Å². The SMILES string of the molecule is N#CC1(C(=O)Nc2ccc(Br)c(Cl)c2Cl)CCC1. The van der Waals surface area contributed by atoms with Gasteiger partial charge in [-0.2, -0.15) is 5.26 Å². The number of hydrogen-bond donors (Lipinski definition) is 1. The third-order valence-corrected chi connectivity index (χ3v) is 4.91. The van der Waals surface area contributed by atoms with Crippen LogP contribution in [0, 0.1) is 16.7 Å². The molecule has 0 aromatic heterocycles. The number of rotatable bonds is 2. The van der Waals surface area contributed by atoms with Gasteiger partial charge in [0.1, 0.15) is 5.41 Å². The molecule has 1 aromatic carbocycles. The molecule has 1 aliphatic rings. The summed E-state index contributed by atoms with van der Waals surface area (Å²) in [7, 11) is 0. The molecular formula is C12H9BrCl2N2O. The lowest BCUT2D eigenvalue weighted by molar-refractivity contribution is -0.126. The number of amides is 1. The monoisotopic (exact) mass is 346 g/mol. The van der Waals surface area contributed by atoms with E-state index in [1.807, 2.05) is 0 Å². The molecule has 18 heavy (non-hydrogen) atoms. The van der Waals surface area contributed by atoms with E-state index in [4.69, 9.17) is 28.5 Å². The second-order valence-corrected chi connectivity index (χ2v) is 5.83. The van der Waals surface area contributed by atoms with Crippen molar-refractivity contribution in [1.82, 2.24) is 0 Å². The normalized spacial score (nSPS) is 16.6. The molecule has 0 radical (unpaired) electrons. The van der Waals surface area contributed by atoms with Gasteiger partial charge in [-0.1, -0.05) is 23.2 Å². The molecule has 6 heteroatoms. The van der Waals surface area contributed by atoms with Crippen molar-refractivity contribution in [2.24, 2.45) is 5.41 Å². The Hall–Kier alpha value is -0.760. The molecule has 0 heterocycles. The van der Waals surface area contributed by atoms with Crippen molar-refractivity contribution in [2.45, 2.75) is 19.3 Å². The van der Waals surface area contributed by atoms with E-state index in [1.54, 1.807) is 12.1 Å². The minimum Gasteiger partial charge on any atom is -0.323 e. The number of carbonyl (C=O) groups is 1. The van der Waals surface area contributed by atoms with Crippen molar-refractivity contribution in [3.8, 4) is 6.07 Å². The number of anilines is 1. The first kappa shape index (κ1) is 13.7. The van der Waals surface area contributed by atoms with E-state index in [2.05, 4.69) is 27.3 Å². The highest BCUT2D eigenvalue weighted by atomic mass is 79.9. The van der Waals surface area contributed by atoms with Crippen molar-refractivity contribution in [3.63, 3.8) is 0 Å². The Morgan fingerprint density at radius 2 is 2.06 bits per heavy atom. The van der Waals surface area contributed by atoms with Gasteiger partial charge in [0.15, 0.2) is 0 Å². The van der Waals surface area contributed by atoms with Gasteiger partial charge >= 0.3 is 0 Å². The van der Waals surface area contributed by atoms with E-state index in [0.29, 0.717) is 28.0 Å². The van der Waals surface area contributed by atoms with Crippen molar-refractivity contribution in [2.75, 3.05) is 5.32 Å². The van der Waals surface area contributed by atoms with E-state index in [9.17, 15) is 4.79 Å². The Morgan fingerprint density at radius 1 is 1.39 bits per heavy atom. The third kappa shape index (κ3) is 2.23. The largest absolute Gasteiger partial charge is 0.323 e. The number of hydrogen-bond acceptors (Lipinski definition) is 2. The van der Waals surface area contributed by atoms with Crippen molar-refractivity contribution < 1.29 is 4.79 Å². The lowest BCUT2D eigenvalue weighted by Crippen LogP contribution is -2.40. The maximum Gasteiger partial charge on any atom is 0.244 e. The highest BCUT2D eigenvalue weighted by Gasteiger charge is 2.44. The second kappa shape index (κ2) is 5.08. The van der Waals surface area contributed by atoms with Gasteiger partial charge in [-0.25, -0.2) is 0 Å². The van der Waals surface area contributed by atoms with Gasteiger partial charge in [0.2, 0.25) is 5.91 Å². The molecule has 94 valence electrons. The maximum atomic E-state index is 12.0. The van der Waals surface area contributed by atoms with Gasteiger partial charge in [0.05, 0.1) is 21.8 Å². The molecule has 0 bridgehead atoms. The van der Waals surface area contributed by atoms with Gasteiger partial charge in [0, 0.05) is 4.47 Å². The standard InChI is InChI=1S/C12H9BrCl2N2O/c13-7-2-3-8(10(15)9(7)14)17-11(18)12(6-16)4-1-5-12/h2-3H,1,4-5H2,(H,17,18). The molecule has 1 aromatic rings. The van der Waals surface area contributed by atoms with Crippen LogP contribution in [0.2, 0.25) is 10.0 Å². The first-order valence-electron chi connectivity index (χ1n) is 5.36. The third-order valence-electron chi connectivity index (χ3n) is 3.14. The first-order valence-corrected chi connectivity index (χ1v) is 6.91. The van der Waals surface area contributed by atoms with Crippen LogP contribution in [0.25, 0.3) is 0 Å². The number of benzene rings is 1. The van der Waals surface area contributed by atoms with Crippen LogP contribution in [0.1, 0.15) is 19.3 Å². The zero-order chi connectivity index (χ0) is 13.3. The maximum absolute atomic E-state index is 12.0. The van der Waals surface area contributed by atoms with Crippen molar-refractivity contribution in [1.29, 1.82) is 5.26 Å². The molecule has 1 saturated carbocycles. The lowest BCUT2D eigenvalue weighted by atomic mass is 9.69. The highest BCUT2D eigenvalue weighted by Crippen LogP contribution is 2.42. The average Bonchev–Trinajstić information content (AvgIpc) is 2.29. The molecule has 0 aliphatic heterocycles. The molecule has 3 nitrogen and oxygen atoms in total. The topological polar surface area (TPSA) is 52.9 Å². The van der Waals surface area contributed by atoms with Gasteiger partial charge in [-0.05, 0) is 47.3 Å². The van der Waals surface area contributed by atoms with Crippen LogP contribution in [0.3, 0.4) is 0 Å². The van der Waals surface area contributed by atoms with E-state index >= 15 is 0 Å². The molecule has 1 amide bonds. The van der Waals surface area contributed by atoms with Crippen LogP contribution in [0.4, 0.5) is 5.69 Å². The molecule has 1 N–H and O–H groups in total. The summed E-state index contributed by atoms with van der Waals surface area (Å²) in [5.74, 6) is -0.309. The summed E-state index contributed by atoms with van der Waals surface area (Å²) >= 11 is 15.2. The average molecular weight is 348 g/mol. The molecule has 0 atom stereocenters. The summed E-state index contributed by atoms with van der Waals surface area (Å²) in [5, 5.41) is 12.4. The summed E-state index contributed by atoms with van der Waals surface area (Å²) in [5.41, 5.74) is -0.473. The molecule has 0 spiro atoms.